The zero-order chi connectivity index (χ0) is 11.0. The van der Waals surface area contributed by atoms with Gasteiger partial charge in [0, 0.05) is 12.4 Å². The molecule has 15 heavy (non-hydrogen) atoms. The minimum Gasteiger partial charge on any atom is -0.481 e. The van der Waals surface area contributed by atoms with Crippen LogP contribution in [-0.4, -0.2) is 20.5 Å². The molecular formula is C9H8ClN3O2. The fraction of sp³-hybridized carbons (Fsp3) is 0.111. The van der Waals surface area contributed by atoms with E-state index in [9.17, 15) is 4.79 Å². The molecule has 0 aliphatic heterocycles. The van der Waals surface area contributed by atoms with Crippen LogP contribution in [0.2, 0.25) is 5.02 Å². The van der Waals surface area contributed by atoms with Gasteiger partial charge in [-0.05, 0) is 6.07 Å². The SMILES string of the molecule is Nc1cc(Cl)cn2cc(CC(=O)O)nc12. The topological polar surface area (TPSA) is 80.6 Å². The van der Waals surface area contributed by atoms with Crippen molar-refractivity contribution in [3.8, 4) is 0 Å². The Morgan fingerprint density at radius 3 is 3.00 bits per heavy atom. The van der Waals surface area contributed by atoms with Crippen molar-refractivity contribution in [1.29, 1.82) is 0 Å². The molecule has 0 aromatic carbocycles. The summed E-state index contributed by atoms with van der Waals surface area (Å²) >= 11 is 5.79. The molecule has 0 bridgehead atoms. The van der Waals surface area contributed by atoms with E-state index in [1.54, 1.807) is 22.9 Å². The van der Waals surface area contributed by atoms with E-state index < -0.39 is 5.97 Å². The Hall–Kier alpha value is -1.75. The van der Waals surface area contributed by atoms with Crippen molar-refractivity contribution < 1.29 is 9.90 Å². The molecule has 78 valence electrons. The van der Waals surface area contributed by atoms with Gasteiger partial charge >= 0.3 is 5.97 Å². The largest absolute Gasteiger partial charge is 0.481 e. The Kier molecular flexibility index (Phi) is 2.24. The second kappa shape index (κ2) is 3.43. The van der Waals surface area contributed by atoms with E-state index in [0.717, 1.165) is 0 Å². The molecule has 3 N–H and O–H groups in total. The highest BCUT2D eigenvalue weighted by molar-refractivity contribution is 6.30. The fourth-order valence-corrected chi connectivity index (χ4v) is 1.60. The number of halogens is 1. The van der Waals surface area contributed by atoms with Crippen LogP contribution in [-0.2, 0) is 11.2 Å². The quantitative estimate of drug-likeness (QED) is 0.805. The Bertz CT molecular complexity index is 535. The molecule has 2 rings (SSSR count). The van der Waals surface area contributed by atoms with Gasteiger partial charge in [-0.3, -0.25) is 4.79 Å². The zero-order valence-corrected chi connectivity index (χ0v) is 8.40. The number of nitrogens with two attached hydrogens (primary N) is 1. The first-order valence-corrected chi connectivity index (χ1v) is 4.58. The van der Waals surface area contributed by atoms with E-state index in [-0.39, 0.29) is 6.42 Å². The Morgan fingerprint density at radius 2 is 2.33 bits per heavy atom. The number of imidazole rings is 1. The summed E-state index contributed by atoms with van der Waals surface area (Å²) in [5, 5.41) is 9.09. The first-order valence-electron chi connectivity index (χ1n) is 4.20. The smallest absolute Gasteiger partial charge is 0.309 e. The van der Waals surface area contributed by atoms with Gasteiger partial charge in [0.2, 0.25) is 0 Å². The normalized spacial score (nSPS) is 10.7. The summed E-state index contributed by atoms with van der Waals surface area (Å²) in [6.07, 6.45) is 3.11. The Morgan fingerprint density at radius 1 is 1.60 bits per heavy atom. The maximum atomic E-state index is 10.5. The number of hydrogen-bond acceptors (Lipinski definition) is 3. The number of rotatable bonds is 2. The lowest BCUT2D eigenvalue weighted by molar-refractivity contribution is -0.136. The number of carboxylic acid groups (broad SMARTS) is 1. The molecule has 0 radical (unpaired) electrons. The second-order valence-electron chi connectivity index (χ2n) is 3.15. The lowest BCUT2D eigenvalue weighted by atomic mass is 10.3. The standard InChI is InChI=1S/C9H8ClN3O2/c10-5-1-7(11)9-12-6(2-8(14)15)4-13(9)3-5/h1,3-4H,2,11H2,(H,14,15). The number of aliphatic carboxylic acids is 1. The summed E-state index contributed by atoms with van der Waals surface area (Å²) in [7, 11) is 0. The molecule has 2 aromatic rings. The monoisotopic (exact) mass is 225 g/mol. The summed E-state index contributed by atoms with van der Waals surface area (Å²) < 4.78 is 1.62. The predicted molar refractivity (Wildman–Crippen MR) is 56.0 cm³/mol. The van der Waals surface area contributed by atoms with Gasteiger partial charge in [0.15, 0.2) is 5.65 Å². The summed E-state index contributed by atoms with van der Waals surface area (Å²) in [5.74, 6) is -0.928. The van der Waals surface area contributed by atoms with Gasteiger partial charge in [-0.25, -0.2) is 4.98 Å². The molecule has 0 saturated carbocycles. The van der Waals surface area contributed by atoms with Crippen molar-refractivity contribution in [2.75, 3.05) is 5.73 Å². The highest BCUT2D eigenvalue weighted by Gasteiger charge is 2.08. The van der Waals surface area contributed by atoms with E-state index >= 15 is 0 Å². The maximum absolute atomic E-state index is 10.5. The predicted octanol–water partition coefficient (Wildman–Crippen LogP) is 1.20. The number of pyridine rings is 1. The first-order chi connectivity index (χ1) is 7.06. The van der Waals surface area contributed by atoms with Crippen LogP contribution in [0.15, 0.2) is 18.5 Å². The van der Waals surface area contributed by atoms with E-state index in [4.69, 9.17) is 22.4 Å². The number of carboxylic acids is 1. The third-order valence-corrected chi connectivity index (χ3v) is 2.14. The molecule has 0 spiro atoms. The van der Waals surface area contributed by atoms with Crippen molar-refractivity contribution >= 4 is 28.9 Å². The van der Waals surface area contributed by atoms with E-state index in [1.807, 2.05) is 0 Å². The van der Waals surface area contributed by atoms with Crippen molar-refractivity contribution in [3.05, 3.63) is 29.2 Å². The first kappa shape index (κ1) is 9.79. The van der Waals surface area contributed by atoms with E-state index in [1.165, 1.54) is 0 Å². The van der Waals surface area contributed by atoms with Crippen molar-refractivity contribution in [1.82, 2.24) is 9.38 Å². The highest BCUT2D eigenvalue weighted by Crippen LogP contribution is 2.19. The van der Waals surface area contributed by atoms with Gasteiger partial charge in [-0.15, -0.1) is 0 Å². The summed E-state index contributed by atoms with van der Waals surface area (Å²) in [6, 6.07) is 1.58. The van der Waals surface area contributed by atoms with Crippen LogP contribution in [0.3, 0.4) is 0 Å². The molecular weight excluding hydrogens is 218 g/mol. The molecule has 0 unspecified atom stereocenters. The summed E-state index contributed by atoms with van der Waals surface area (Å²) in [4.78, 5) is 14.6. The molecule has 0 atom stereocenters. The van der Waals surface area contributed by atoms with Crippen LogP contribution in [0.1, 0.15) is 5.69 Å². The van der Waals surface area contributed by atoms with Gasteiger partial charge in [0.25, 0.3) is 0 Å². The van der Waals surface area contributed by atoms with Gasteiger partial charge in [0.05, 0.1) is 22.8 Å². The minimum atomic E-state index is -0.928. The number of fused-ring (bicyclic) bond motifs is 1. The number of carbonyl (C=O) groups is 1. The van der Waals surface area contributed by atoms with Crippen LogP contribution in [0.4, 0.5) is 5.69 Å². The fourth-order valence-electron chi connectivity index (χ4n) is 1.38. The lowest BCUT2D eigenvalue weighted by Gasteiger charge is -1.97. The molecule has 5 nitrogen and oxygen atoms in total. The summed E-state index contributed by atoms with van der Waals surface area (Å²) in [6.45, 7) is 0. The van der Waals surface area contributed by atoms with Crippen molar-refractivity contribution in [2.45, 2.75) is 6.42 Å². The van der Waals surface area contributed by atoms with Crippen LogP contribution < -0.4 is 5.73 Å². The van der Waals surface area contributed by atoms with Crippen LogP contribution in [0, 0.1) is 0 Å². The van der Waals surface area contributed by atoms with E-state index in [2.05, 4.69) is 4.98 Å². The molecule has 6 heteroatoms. The third-order valence-electron chi connectivity index (χ3n) is 1.93. The van der Waals surface area contributed by atoms with Crippen molar-refractivity contribution in [3.63, 3.8) is 0 Å². The number of hydrogen-bond donors (Lipinski definition) is 2. The molecule has 0 saturated heterocycles. The number of nitrogens with zero attached hydrogens (tertiary/aromatic N) is 2. The molecule has 2 aromatic heterocycles. The number of nitrogen functional groups attached to an aromatic ring is 1. The minimum absolute atomic E-state index is 0.126. The molecule has 0 fully saturated rings. The lowest BCUT2D eigenvalue weighted by Crippen LogP contribution is -1.99. The highest BCUT2D eigenvalue weighted by atomic mass is 35.5. The van der Waals surface area contributed by atoms with Gasteiger partial charge < -0.3 is 15.2 Å². The van der Waals surface area contributed by atoms with Crippen LogP contribution >= 0.6 is 11.6 Å². The average molecular weight is 226 g/mol. The van der Waals surface area contributed by atoms with E-state index in [0.29, 0.717) is 22.1 Å². The second-order valence-corrected chi connectivity index (χ2v) is 3.58. The Balaban J connectivity index is 2.55. The molecule has 0 aliphatic carbocycles. The summed E-state index contributed by atoms with van der Waals surface area (Å²) in [5.41, 5.74) is 7.09. The Labute approximate surface area is 90.1 Å². The third kappa shape index (κ3) is 1.87. The van der Waals surface area contributed by atoms with Gasteiger partial charge in [0.1, 0.15) is 0 Å². The zero-order valence-electron chi connectivity index (χ0n) is 7.64. The maximum Gasteiger partial charge on any atom is 0.309 e. The van der Waals surface area contributed by atoms with Crippen LogP contribution in [0.5, 0.6) is 0 Å². The molecule has 0 amide bonds. The molecule has 2 heterocycles. The van der Waals surface area contributed by atoms with Crippen molar-refractivity contribution in [2.24, 2.45) is 0 Å². The van der Waals surface area contributed by atoms with Crippen LogP contribution in [0.25, 0.3) is 5.65 Å². The number of aromatic nitrogens is 2. The van der Waals surface area contributed by atoms with Gasteiger partial charge in [-0.2, -0.15) is 0 Å². The molecule has 0 aliphatic rings. The number of anilines is 1. The average Bonchev–Trinajstić information content (AvgIpc) is 2.45. The van der Waals surface area contributed by atoms with Gasteiger partial charge in [-0.1, -0.05) is 11.6 Å².